The molecule has 7 atom stereocenters. The Bertz CT molecular complexity index is 275. The lowest BCUT2D eigenvalue weighted by atomic mass is 9.63. The second kappa shape index (κ2) is 4.57. The average molecular weight is 235 g/mol. The van der Waals surface area contributed by atoms with Crippen molar-refractivity contribution >= 4 is 0 Å². The van der Waals surface area contributed by atoms with Crippen molar-refractivity contribution in [3.63, 3.8) is 0 Å². The molecule has 2 saturated carbocycles. The molecule has 0 aromatic rings. The first-order chi connectivity index (χ1) is 8.15. The summed E-state index contributed by atoms with van der Waals surface area (Å²) in [4.78, 5) is 0. The highest BCUT2D eigenvalue weighted by Gasteiger charge is 2.43. The molecule has 1 aliphatic heterocycles. The summed E-state index contributed by atoms with van der Waals surface area (Å²) in [6, 6.07) is 1.69. The molecule has 0 aromatic carbocycles. The van der Waals surface area contributed by atoms with Crippen LogP contribution in [-0.4, -0.2) is 12.1 Å². The Morgan fingerprint density at radius 3 is 2.41 bits per heavy atom. The minimum atomic E-state index is 0.838. The second-order valence-electron chi connectivity index (χ2n) is 7.39. The molecule has 0 amide bonds. The van der Waals surface area contributed by atoms with E-state index < -0.39 is 0 Å². The van der Waals surface area contributed by atoms with E-state index >= 15 is 0 Å². The molecule has 1 heterocycles. The van der Waals surface area contributed by atoms with Gasteiger partial charge in [-0.15, -0.1) is 0 Å². The molecule has 0 radical (unpaired) electrons. The number of nitrogens with one attached hydrogen (secondary N) is 1. The number of hydrogen-bond acceptors (Lipinski definition) is 1. The minimum Gasteiger partial charge on any atom is -0.310 e. The lowest BCUT2D eigenvalue weighted by molar-refractivity contribution is 0.0349. The van der Waals surface area contributed by atoms with Gasteiger partial charge in [-0.2, -0.15) is 0 Å². The van der Waals surface area contributed by atoms with Gasteiger partial charge in [-0.3, -0.25) is 0 Å². The number of hydrogen-bond donors (Lipinski definition) is 1. The van der Waals surface area contributed by atoms with E-state index in [1.807, 2.05) is 0 Å². The summed E-state index contributed by atoms with van der Waals surface area (Å²) < 4.78 is 0. The third-order valence-electron chi connectivity index (χ3n) is 6.23. The van der Waals surface area contributed by atoms with Crippen molar-refractivity contribution in [3.8, 4) is 0 Å². The normalized spacial score (nSPS) is 54.9. The first-order valence-electron chi connectivity index (χ1n) is 7.91. The molecule has 1 nitrogen and oxygen atoms in total. The van der Waals surface area contributed by atoms with E-state index in [0.717, 1.165) is 41.7 Å². The monoisotopic (exact) mass is 235 g/mol. The molecule has 3 rings (SSSR count). The van der Waals surface area contributed by atoms with Gasteiger partial charge in [0, 0.05) is 12.1 Å². The highest BCUT2D eigenvalue weighted by atomic mass is 15.0. The van der Waals surface area contributed by atoms with Crippen molar-refractivity contribution in [2.75, 3.05) is 0 Å². The SMILES string of the molecule is CC1CCC2CC3CCC(C)C(C)C3NC2C1. The predicted molar refractivity (Wildman–Crippen MR) is 72.9 cm³/mol. The van der Waals surface area contributed by atoms with Crippen molar-refractivity contribution in [3.05, 3.63) is 0 Å². The fourth-order valence-electron chi connectivity index (χ4n) is 4.82. The first kappa shape index (κ1) is 12.0. The van der Waals surface area contributed by atoms with Crippen molar-refractivity contribution in [1.29, 1.82) is 0 Å². The molecule has 0 aromatic heterocycles. The largest absolute Gasteiger partial charge is 0.310 e. The summed E-state index contributed by atoms with van der Waals surface area (Å²) in [5.74, 6) is 4.79. The quantitative estimate of drug-likeness (QED) is 0.673. The van der Waals surface area contributed by atoms with Gasteiger partial charge in [0.1, 0.15) is 0 Å². The number of piperidine rings is 1. The van der Waals surface area contributed by atoms with E-state index in [2.05, 4.69) is 26.1 Å². The standard InChI is InChI=1S/C16H29N/c1-10-4-6-13-9-14-7-5-11(2)12(3)16(14)17-15(13)8-10/h10-17H,4-9H2,1-3H3. The Kier molecular flexibility index (Phi) is 3.23. The van der Waals surface area contributed by atoms with Crippen LogP contribution in [0.25, 0.3) is 0 Å². The molecule has 3 fully saturated rings. The summed E-state index contributed by atoms with van der Waals surface area (Å²) in [6.07, 6.45) is 8.90. The maximum atomic E-state index is 4.07. The Balaban J connectivity index is 1.71. The summed E-state index contributed by atoms with van der Waals surface area (Å²) in [5, 5.41) is 4.07. The third kappa shape index (κ3) is 2.16. The van der Waals surface area contributed by atoms with Crippen molar-refractivity contribution < 1.29 is 0 Å². The van der Waals surface area contributed by atoms with Crippen LogP contribution in [0.2, 0.25) is 0 Å². The topological polar surface area (TPSA) is 12.0 Å². The van der Waals surface area contributed by atoms with Gasteiger partial charge in [0.2, 0.25) is 0 Å². The number of rotatable bonds is 0. The molecule has 7 unspecified atom stereocenters. The fourth-order valence-corrected chi connectivity index (χ4v) is 4.82. The van der Waals surface area contributed by atoms with Gasteiger partial charge in [0.05, 0.1) is 0 Å². The molecule has 3 aliphatic rings. The Morgan fingerprint density at radius 2 is 1.59 bits per heavy atom. The molecule has 1 N–H and O–H groups in total. The van der Waals surface area contributed by atoms with Gasteiger partial charge in [-0.1, -0.05) is 33.6 Å². The van der Waals surface area contributed by atoms with Gasteiger partial charge in [0.25, 0.3) is 0 Å². The summed E-state index contributed by atoms with van der Waals surface area (Å²) >= 11 is 0. The first-order valence-corrected chi connectivity index (χ1v) is 7.91. The van der Waals surface area contributed by atoms with Crippen LogP contribution >= 0.6 is 0 Å². The van der Waals surface area contributed by atoms with E-state index in [9.17, 15) is 0 Å². The van der Waals surface area contributed by atoms with Gasteiger partial charge >= 0.3 is 0 Å². The van der Waals surface area contributed by atoms with Crippen LogP contribution < -0.4 is 5.32 Å². The van der Waals surface area contributed by atoms with Crippen LogP contribution in [0.5, 0.6) is 0 Å². The van der Waals surface area contributed by atoms with E-state index in [1.165, 1.54) is 38.5 Å². The predicted octanol–water partition coefficient (Wildman–Crippen LogP) is 3.84. The molecule has 98 valence electrons. The molecule has 1 saturated heterocycles. The Labute approximate surface area is 107 Å². The smallest absolute Gasteiger partial charge is 0.0126 e. The summed E-state index contributed by atoms with van der Waals surface area (Å²) in [5.41, 5.74) is 0. The highest BCUT2D eigenvalue weighted by molar-refractivity contribution is 4.99. The molecule has 17 heavy (non-hydrogen) atoms. The Hall–Kier alpha value is -0.0400. The fraction of sp³-hybridized carbons (Fsp3) is 1.00. The van der Waals surface area contributed by atoms with Gasteiger partial charge in [-0.05, 0) is 55.3 Å². The van der Waals surface area contributed by atoms with Crippen LogP contribution in [0.3, 0.4) is 0 Å². The molecule has 0 bridgehead atoms. The van der Waals surface area contributed by atoms with Gasteiger partial charge < -0.3 is 5.32 Å². The van der Waals surface area contributed by atoms with Crippen LogP contribution in [0.15, 0.2) is 0 Å². The lowest BCUT2D eigenvalue weighted by Crippen LogP contribution is -2.58. The maximum Gasteiger partial charge on any atom is 0.0126 e. The third-order valence-corrected chi connectivity index (χ3v) is 6.23. The average Bonchev–Trinajstić information content (AvgIpc) is 2.32. The van der Waals surface area contributed by atoms with Crippen molar-refractivity contribution in [2.45, 2.75) is 71.4 Å². The zero-order valence-electron chi connectivity index (χ0n) is 11.8. The molecule has 2 aliphatic carbocycles. The molecule has 0 spiro atoms. The van der Waals surface area contributed by atoms with Crippen LogP contribution in [-0.2, 0) is 0 Å². The van der Waals surface area contributed by atoms with Gasteiger partial charge in [0.15, 0.2) is 0 Å². The second-order valence-corrected chi connectivity index (χ2v) is 7.39. The van der Waals surface area contributed by atoms with Crippen LogP contribution in [0.4, 0.5) is 0 Å². The van der Waals surface area contributed by atoms with E-state index in [0.29, 0.717) is 0 Å². The van der Waals surface area contributed by atoms with Crippen molar-refractivity contribution in [2.24, 2.45) is 29.6 Å². The minimum absolute atomic E-state index is 0.838. The van der Waals surface area contributed by atoms with Gasteiger partial charge in [-0.25, -0.2) is 0 Å². The molecular weight excluding hydrogens is 206 g/mol. The van der Waals surface area contributed by atoms with Crippen molar-refractivity contribution in [1.82, 2.24) is 5.32 Å². The maximum absolute atomic E-state index is 4.07. The van der Waals surface area contributed by atoms with E-state index in [4.69, 9.17) is 0 Å². The van der Waals surface area contributed by atoms with Crippen LogP contribution in [0, 0.1) is 29.6 Å². The Morgan fingerprint density at radius 1 is 0.824 bits per heavy atom. The zero-order chi connectivity index (χ0) is 12.0. The molecular formula is C16H29N. The zero-order valence-corrected chi connectivity index (χ0v) is 11.8. The summed E-state index contributed by atoms with van der Waals surface area (Å²) in [7, 11) is 0. The molecule has 1 heteroatoms. The summed E-state index contributed by atoms with van der Waals surface area (Å²) in [6.45, 7) is 7.39. The lowest BCUT2D eigenvalue weighted by Gasteiger charge is -2.51. The number of fused-ring (bicyclic) bond motifs is 2. The van der Waals surface area contributed by atoms with E-state index in [1.54, 1.807) is 0 Å². The van der Waals surface area contributed by atoms with E-state index in [-0.39, 0.29) is 0 Å². The van der Waals surface area contributed by atoms with Crippen LogP contribution in [0.1, 0.15) is 59.3 Å². The highest BCUT2D eigenvalue weighted by Crippen LogP contribution is 2.44.